The van der Waals surface area contributed by atoms with E-state index in [1.165, 1.54) is 10.4 Å². The molecule has 1 aliphatic heterocycles. The van der Waals surface area contributed by atoms with Crippen molar-refractivity contribution in [2.24, 2.45) is 0 Å². The third-order valence-electron chi connectivity index (χ3n) is 4.86. The minimum Gasteiger partial charge on any atom is -0.325 e. The molecule has 2 amide bonds. The van der Waals surface area contributed by atoms with Gasteiger partial charge in [-0.15, -0.1) is 11.3 Å². The molecule has 0 spiro atoms. The van der Waals surface area contributed by atoms with Gasteiger partial charge in [-0.2, -0.15) is 0 Å². The average molecular weight is 391 g/mol. The molecule has 2 heterocycles. The first-order chi connectivity index (χ1) is 12.7. The van der Waals surface area contributed by atoms with Gasteiger partial charge in [-0.3, -0.25) is 0 Å². The second-order valence-corrected chi connectivity index (χ2v) is 8.35. The van der Waals surface area contributed by atoms with Gasteiger partial charge in [0.2, 0.25) is 0 Å². The van der Waals surface area contributed by atoms with E-state index < -0.39 is 0 Å². The summed E-state index contributed by atoms with van der Waals surface area (Å²) in [5, 5.41) is 2.90. The molecule has 1 saturated heterocycles. The Balaban J connectivity index is 1.51. The van der Waals surface area contributed by atoms with Gasteiger partial charge < -0.3 is 9.80 Å². The zero-order chi connectivity index (χ0) is 18.2. The Morgan fingerprint density at radius 3 is 2.54 bits per heavy atom. The molecule has 0 radical (unpaired) electrons. The van der Waals surface area contributed by atoms with E-state index in [2.05, 4.69) is 28.5 Å². The van der Waals surface area contributed by atoms with E-state index in [1.54, 1.807) is 11.3 Å². The molecule has 0 unspecified atom stereocenters. The molecular formula is C21H27ClN2OS. The molecule has 1 aromatic carbocycles. The third kappa shape index (κ3) is 5.75. The molecule has 140 valence electrons. The number of urea groups is 1. The van der Waals surface area contributed by atoms with Crippen molar-refractivity contribution >= 4 is 29.0 Å². The number of carbonyl (C=O) groups is 1. The van der Waals surface area contributed by atoms with Gasteiger partial charge in [-0.25, -0.2) is 4.79 Å². The Morgan fingerprint density at radius 1 is 1.08 bits per heavy atom. The highest BCUT2D eigenvalue weighted by atomic mass is 35.5. The van der Waals surface area contributed by atoms with Crippen LogP contribution < -0.4 is 0 Å². The van der Waals surface area contributed by atoms with Crippen LogP contribution in [0.3, 0.4) is 0 Å². The lowest BCUT2D eigenvalue weighted by molar-refractivity contribution is 0.161. The maximum absolute atomic E-state index is 12.9. The SMILES string of the molecule is O=C(N1CCCC1)N(CCCc1cccc(Cl)c1)CCCc1cccs1. The quantitative estimate of drug-likeness (QED) is 0.585. The largest absolute Gasteiger partial charge is 0.325 e. The van der Waals surface area contributed by atoms with Gasteiger partial charge in [0, 0.05) is 36.1 Å². The molecule has 0 aliphatic carbocycles. The van der Waals surface area contributed by atoms with E-state index in [0.29, 0.717) is 0 Å². The Bertz CT molecular complexity index is 683. The summed E-state index contributed by atoms with van der Waals surface area (Å²) < 4.78 is 0. The number of benzene rings is 1. The molecule has 1 fully saturated rings. The van der Waals surface area contributed by atoms with Crippen molar-refractivity contribution in [3.8, 4) is 0 Å². The number of carbonyl (C=O) groups excluding carboxylic acids is 1. The van der Waals surface area contributed by atoms with Crippen LogP contribution >= 0.6 is 22.9 Å². The normalized spacial score (nSPS) is 14.0. The Morgan fingerprint density at radius 2 is 1.85 bits per heavy atom. The van der Waals surface area contributed by atoms with Crippen LogP contribution in [0.2, 0.25) is 5.02 Å². The first-order valence-electron chi connectivity index (χ1n) is 9.53. The summed E-state index contributed by atoms with van der Waals surface area (Å²) in [5.74, 6) is 0. The first-order valence-corrected chi connectivity index (χ1v) is 10.8. The lowest BCUT2D eigenvalue weighted by atomic mass is 10.1. The molecule has 1 aliphatic rings. The molecule has 2 aromatic rings. The molecule has 3 rings (SSSR count). The summed E-state index contributed by atoms with van der Waals surface area (Å²) in [6, 6.07) is 12.5. The second kappa shape index (κ2) is 9.98. The van der Waals surface area contributed by atoms with Crippen LogP contribution in [0.4, 0.5) is 4.79 Å². The standard InChI is InChI=1S/C21H27ClN2OS/c22-19-9-3-7-18(17-19)8-4-14-24(21(25)23-12-1-2-13-23)15-5-10-20-11-6-16-26-20/h3,6-7,9,11,16-17H,1-2,4-5,8,10,12-15H2. The van der Waals surface area contributed by atoms with Crippen molar-refractivity contribution in [3.05, 3.63) is 57.2 Å². The predicted molar refractivity (Wildman–Crippen MR) is 110 cm³/mol. The Kier molecular flexibility index (Phi) is 7.39. The number of aryl methyl sites for hydroxylation is 2. The number of hydrogen-bond donors (Lipinski definition) is 0. The van der Waals surface area contributed by atoms with Gasteiger partial charge in [0.25, 0.3) is 0 Å². The lowest BCUT2D eigenvalue weighted by Crippen LogP contribution is -2.43. The summed E-state index contributed by atoms with van der Waals surface area (Å²) in [6.45, 7) is 3.47. The lowest BCUT2D eigenvalue weighted by Gasteiger charge is -2.28. The highest BCUT2D eigenvalue weighted by Crippen LogP contribution is 2.16. The molecule has 1 aromatic heterocycles. The van der Waals surface area contributed by atoms with Crippen molar-refractivity contribution in [1.29, 1.82) is 0 Å². The van der Waals surface area contributed by atoms with Gasteiger partial charge in [0.05, 0.1) is 0 Å². The van der Waals surface area contributed by atoms with E-state index >= 15 is 0 Å². The number of likely N-dealkylation sites (tertiary alicyclic amines) is 1. The molecule has 26 heavy (non-hydrogen) atoms. The second-order valence-electron chi connectivity index (χ2n) is 6.88. The highest BCUT2D eigenvalue weighted by Gasteiger charge is 2.23. The number of amides is 2. The minimum absolute atomic E-state index is 0.222. The number of hydrogen-bond acceptors (Lipinski definition) is 2. The maximum Gasteiger partial charge on any atom is 0.319 e. The molecule has 0 atom stereocenters. The Labute approximate surface area is 165 Å². The van der Waals surface area contributed by atoms with Crippen LogP contribution in [-0.2, 0) is 12.8 Å². The summed E-state index contributed by atoms with van der Waals surface area (Å²) >= 11 is 7.87. The van der Waals surface area contributed by atoms with Crippen LogP contribution in [-0.4, -0.2) is 42.0 Å². The monoisotopic (exact) mass is 390 g/mol. The predicted octanol–water partition coefficient (Wildman–Crippen LogP) is 5.48. The van der Waals surface area contributed by atoms with Crippen LogP contribution in [0, 0.1) is 0 Å². The summed E-state index contributed by atoms with van der Waals surface area (Å²) in [5.41, 5.74) is 1.24. The molecule has 0 saturated carbocycles. The smallest absolute Gasteiger partial charge is 0.319 e. The number of halogens is 1. The zero-order valence-corrected chi connectivity index (χ0v) is 16.8. The van der Waals surface area contributed by atoms with E-state index in [1.807, 2.05) is 23.1 Å². The number of nitrogens with zero attached hydrogens (tertiary/aromatic N) is 2. The average Bonchev–Trinajstić information content (AvgIpc) is 3.34. The van der Waals surface area contributed by atoms with Crippen LogP contribution in [0.5, 0.6) is 0 Å². The fraction of sp³-hybridized carbons (Fsp3) is 0.476. The molecule has 0 bridgehead atoms. The minimum atomic E-state index is 0.222. The maximum atomic E-state index is 12.9. The Hall–Kier alpha value is -1.52. The summed E-state index contributed by atoms with van der Waals surface area (Å²) in [7, 11) is 0. The molecular weight excluding hydrogens is 364 g/mol. The highest BCUT2D eigenvalue weighted by molar-refractivity contribution is 7.09. The van der Waals surface area contributed by atoms with Crippen molar-refractivity contribution < 1.29 is 4.79 Å². The molecule has 0 N–H and O–H groups in total. The van der Waals surface area contributed by atoms with Gasteiger partial charge in [-0.1, -0.05) is 29.8 Å². The van der Waals surface area contributed by atoms with E-state index in [9.17, 15) is 4.79 Å². The van der Waals surface area contributed by atoms with E-state index in [-0.39, 0.29) is 6.03 Å². The molecule has 5 heteroatoms. The van der Waals surface area contributed by atoms with Crippen molar-refractivity contribution in [1.82, 2.24) is 9.80 Å². The van der Waals surface area contributed by atoms with Crippen molar-refractivity contribution in [3.63, 3.8) is 0 Å². The number of rotatable bonds is 8. The van der Waals surface area contributed by atoms with E-state index in [4.69, 9.17) is 11.6 Å². The van der Waals surface area contributed by atoms with Gasteiger partial charge in [0.15, 0.2) is 0 Å². The van der Waals surface area contributed by atoms with Crippen LogP contribution in [0.25, 0.3) is 0 Å². The van der Waals surface area contributed by atoms with Crippen molar-refractivity contribution in [2.45, 2.75) is 38.5 Å². The summed E-state index contributed by atoms with van der Waals surface area (Å²) in [6.07, 6.45) is 6.27. The summed E-state index contributed by atoms with van der Waals surface area (Å²) in [4.78, 5) is 18.3. The third-order valence-corrected chi connectivity index (χ3v) is 6.03. The zero-order valence-electron chi connectivity index (χ0n) is 15.2. The van der Waals surface area contributed by atoms with E-state index in [0.717, 1.165) is 69.7 Å². The van der Waals surface area contributed by atoms with Gasteiger partial charge in [-0.05, 0) is 67.7 Å². The molecule has 3 nitrogen and oxygen atoms in total. The topological polar surface area (TPSA) is 23.6 Å². The first kappa shape index (κ1) is 19.2. The van der Waals surface area contributed by atoms with Gasteiger partial charge in [0.1, 0.15) is 0 Å². The van der Waals surface area contributed by atoms with Crippen LogP contribution in [0.1, 0.15) is 36.1 Å². The van der Waals surface area contributed by atoms with Crippen molar-refractivity contribution in [2.75, 3.05) is 26.2 Å². The van der Waals surface area contributed by atoms with Gasteiger partial charge >= 0.3 is 6.03 Å². The van der Waals surface area contributed by atoms with Crippen LogP contribution in [0.15, 0.2) is 41.8 Å². The fourth-order valence-corrected chi connectivity index (χ4v) is 4.44. The number of thiophene rings is 1. The fourth-order valence-electron chi connectivity index (χ4n) is 3.48.